The molecular formula is C11H12BNO3. The topological polar surface area (TPSA) is 73.6 Å². The highest BCUT2D eigenvalue weighted by atomic mass is 16.5. The van der Waals surface area contributed by atoms with E-state index in [1.54, 1.807) is 0 Å². The van der Waals surface area contributed by atoms with Crippen molar-refractivity contribution >= 4 is 7.32 Å². The first-order chi connectivity index (χ1) is 7.70. The van der Waals surface area contributed by atoms with Crippen molar-refractivity contribution in [2.75, 3.05) is 0 Å². The Balaban J connectivity index is 0.000000280. The van der Waals surface area contributed by atoms with Gasteiger partial charge in [0, 0.05) is 11.8 Å². The van der Waals surface area contributed by atoms with Crippen molar-refractivity contribution in [3.63, 3.8) is 0 Å². The third kappa shape index (κ3) is 4.70. The molecule has 16 heavy (non-hydrogen) atoms. The second-order valence-electron chi connectivity index (χ2n) is 2.93. The normalized spacial score (nSPS) is 8.94. The number of hydrogen-bond acceptors (Lipinski definition) is 4. The van der Waals surface area contributed by atoms with Gasteiger partial charge in [0.25, 0.3) is 0 Å². The van der Waals surface area contributed by atoms with Crippen LogP contribution in [0.25, 0.3) is 11.3 Å². The molecule has 0 aliphatic rings. The van der Waals surface area contributed by atoms with Crippen molar-refractivity contribution in [2.24, 2.45) is 0 Å². The van der Waals surface area contributed by atoms with Gasteiger partial charge in [0.1, 0.15) is 0 Å². The van der Waals surface area contributed by atoms with Crippen LogP contribution in [-0.4, -0.2) is 27.4 Å². The van der Waals surface area contributed by atoms with E-state index in [1.807, 2.05) is 42.6 Å². The molecule has 1 aromatic carbocycles. The van der Waals surface area contributed by atoms with E-state index in [0.717, 1.165) is 11.3 Å². The molecule has 0 radical (unpaired) electrons. The highest BCUT2D eigenvalue weighted by molar-refractivity contribution is 6.30. The quantitative estimate of drug-likeness (QED) is 0.614. The van der Waals surface area contributed by atoms with Crippen molar-refractivity contribution in [3.8, 4) is 11.3 Å². The van der Waals surface area contributed by atoms with Crippen LogP contribution in [0, 0.1) is 0 Å². The van der Waals surface area contributed by atoms with Crippen molar-refractivity contribution in [1.29, 1.82) is 0 Å². The molecule has 2 rings (SSSR count). The van der Waals surface area contributed by atoms with E-state index in [4.69, 9.17) is 15.1 Å². The van der Waals surface area contributed by atoms with Gasteiger partial charge in [-0.2, -0.15) is 0 Å². The van der Waals surface area contributed by atoms with Crippen LogP contribution < -0.4 is 0 Å². The van der Waals surface area contributed by atoms with Crippen LogP contribution in [0.15, 0.2) is 54.7 Å². The van der Waals surface area contributed by atoms with Gasteiger partial charge >= 0.3 is 7.32 Å². The number of benzene rings is 1. The minimum Gasteiger partial charge on any atom is -0.402 e. The molecule has 0 amide bonds. The Morgan fingerprint density at radius 2 is 1.38 bits per heavy atom. The average Bonchev–Trinajstić information content (AvgIpc) is 2.31. The van der Waals surface area contributed by atoms with Gasteiger partial charge in [-0.3, -0.25) is 4.98 Å². The monoisotopic (exact) mass is 217 g/mol. The summed E-state index contributed by atoms with van der Waals surface area (Å²) in [7, 11) is -2.17. The summed E-state index contributed by atoms with van der Waals surface area (Å²) in [4.78, 5) is 4.25. The molecule has 82 valence electrons. The molecule has 0 saturated carbocycles. The van der Waals surface area contributed by atoms with E-state index >= 15 is 0 Å². The molecular weight excluding hydrogens is 205 g/mol. The lowest BCUT2D eigenvalue weighted by atomic mass is 10.1. The molecule has 0 aliphatic carbocycles. The van der Waals surface area contributed by atoms with Crippen LogP contribution in [0.1, 0.15) is 0 Å². The first-order valence-electron chi connectivity index (χ1n) is 4.71. The number of pyridine rings is 1. The fourth-order valence-electron chi connectivity index (χ4n) is 1.14. The second kappa shape index (κ2) is 6.74. The Kier molecular flexibility index (Phi) is 5.21. The third-order valence-electron chi connectivity index (χ3n) is 1.73. The van der Waals surface area contributed by atoms with Crippen LogP contribution in [-0.2, 0) is 0 Å². The average molecular weight is 217 g/mol. The van der Waals surface area contributed by atoms with Crippen LogP contribution >= 0.6 is 0 Å². The maximum absolute atomic E-state index is 7.17. The third-order valence-corrected chi connectivity index (χ3v) is 1.73. The summed E-state index contributed by atoms with van der Waals surface area (Å²) in [6.07, 6.45) is 1.81. The molecule has 2 aromatic rings. The van der Waals surface area contributed by atoms with Gasteiger partial charge in [0.05, 0.1) is 5.69 Å². The van der Waals surface area contributed by atoms with Crippen LogP contribution in [0.4, 0.5) is 0 Å². The molecule has 0 unspecified atom stereocenters. The Labute approximate surface area is 94.0 Å². The van der Waals surface area contributed by atoms with E-state index in [0.29, 0.717) is 0 Å². The van der Waals surface area contributed by atoms with Gasteiger partial charge in [-0.1, -0.05) is 36.4 Å². The Bertz CT molecular complexity index is 354. The second-order valence-corrected chi connectivity index (χ2v) is 2.93. The molecule has 5 heteroatoms. The van der Waals surface area contributed by atoms with Crippen molar-refractivity contribution < 1.29 is 15.1 Å². The molecule has 0 atom stereocenters. The van der Waals surface area contributed by atoms with Crippen LogP contribution in [0.5, 0.6) is 0 Å². The lowest BCUT2D eigenvalue weighted by molar-refractivity contribution is 0.278. The highest BCUT2D eigenvalue weighted by Gasteiger charge is 1.93. The summed E-state index contributed by atoms with van der Waals surface area (Å²) in [5.41, 5.74) is 2.19. The summed E-state index contributed by atoms with van der Waals surface area (Å²) >= 11 is 0. The summed E-state index contributed by atoms with van der Waals surface area (Å²) in [6, 6.07) is 16.1. The molecule has 0 spiro atoms. The van der Waals surface area contributed by atoms with Gasteiger partial charge in [-0.05, 0) is 12.1 Å². The van der Waals surface area contributed by atoms with E-state index in [-0.39, 0.29) is 0 Å². The number of hydrogen-bond donors (Lipinski definition) is 3. The zero-order valence-corrected chi connectivity index (χ0v) is 8.56. The fourth-order valence-corrected chi connectivity index (χ4v) is 1.14. The smallest absolute Gasteiger partial charge is 0.402 e. The maximum Gasteiger partial charge on any atom is 0.631 e. The lowest BCUT2D eigenvalue weighted by Gasteiger charge is -1.97. The summed E-state index contributed by atoms with van der Waals surface area (Å²) in [5, 5.41) is 21.5. The molecule has 0 fully saturated rings. The number of aromatic nitrogens is 1. The minimum absolute atomic E-state index is 1.03. The summed E-state index contributed by atoms with van der Waals surface area (Å²) in [6.45, 7) is 0. The maximum atomic E-state index is 7.17. The van der Waals surface area contributed by atoms with E-state index in [1.165, 1.54) is 0 Å². The van der Waals surface area contributed by atoms with Crippen LogP contribution in [0.3, 0.4) is 0 Å². The minimum atomic E-state index is -2.17. The molecule has 0 aliphatic heterocycles. The zero-order valence-electron chi connectivity index (χ0n) is 8.56. The van der Waals surface area contributed by atoms with Crippen molar-refractivity contribution in [1.82, 2.24) is 4.98 Å². The number of rotatable bonds is 1. The fraction of sp³-hybridized carbons (Fsp3) is 0. The van der Waals surface area contributed by atoms with Gasteiger partial charge in [0.2, 0.25) is 0 Å². The first-order valence-corrected chi connectivity index (χ1v) is 4.71. The Morgan fingerprint density at radius 1 is 0.812 bits per heavy atom. The molecule has 0 bridgehead atoms. The van der Waals surface area contributed by atoms with Crippen LogP contribution in [0.2, 0.25) is 0 Å². The van der Waals surface area contributed by atoms with Gasteiger partial charge in [0.15, 0.2) is 0 Å². The Morgan fingerprint density at radius 3 is 1.88 bits per heavy atom. The molecule has 1 aromatic heterocycles. The summed E-state index contributed by atoms with van der Waals surface area (Å²) in [5.74, 6) is 0. The predicted molar refractivity (Wildman–Crippen MR) is 62.1 cm³/mol. The highest BCUT2D eigenvalue weighted by Crippen LogP contribution is 2.14. The molecule has 0 saturated heterocycles. The first kappa shape index (κ1) is 12.4. The molecule has 4 nitrogen and oxygen atoms in total. The van der Waals surface area contributed by atoms with Gasteiger partial charge in [-0.25, -0.2) is 0 Å². The van der Waals surface area contributed by atoms with Gasteiger partial charge < -0.3 is 15.1 Å². The predicted octanol–water partition coefficient (Wildman–Crippen LogP) is 0.697. The van der Waals surface area contributed by atoms with Crippen molar-refractivity contribution in [2.45, 2.75) is 0 Å². The zero-order chi connectivity index (χ0) is 11.8. The van der Waals surface area contributed by atoms with E-state index in [2.05, 4.69) is 17.1 Å². The SMILES string of the molecule is OB(O)O.c1ccc(-c2ccccn2)cc1. The summed E-state index contributed by atoms with van der Waals surface area (Å²) < 4.78 is 0. The Hall–Kier alpha value is -1.69. The van der Waals surface area contributed by atoms with E-state index in [9.17, 15) is 0 Å². The molecule has 1 heterocycles. The number of nitrogens with zero attached hydrogens (tertiary/aromatic N) is 1. The lowest BCUT2D eigenvalue weighted by Crippen LogP contribution is -2.07. The van der Waals surface area contributed by atoms with Crippen molar-refractivity contribution in [3.05, 3.63) is 54.7 Å². The molecule has 3 N–H and O–H groups in total. The standard InChI is InChI=1S/C11H9N.BH3O3/c1-2-6-10(7-3-1)11-8-4-5-9-12-11;2-1(3)4/h1-9H;2-4H. The van der Waals surface area contributed by atoms with E-state index < -0.39 is 7.32 Å². The largest absolute Gasteiger partial charge is 0.631 e. The van der Waals surface area contributed by atoms with Gasteiger partial charge in [-0.15, -0.1) is 0 Å².